The topological polar surface area (TPSA) is 67.3 Å². The summed E-state index contributed by atoms with van der Waals surface area (Å²) >= 11 is 0. The monoisotopic (exact) mass is 257 g/mol. The highest BCUT2D eigenvalue weighted by Gasteiger charge is 2.41. The first-order chi connectivity index (χ1) is 7.68. The molecule has 0 radical (unpaired) electrons. The third kappa shape index (κ3) is 2.84. The molecule has 0 bridgehead atoms. The molecule has 0 amide bonds. The van der Waals surface area contributed by atoms with E-state index in [1.807, 2.05) is 6.07 Å². The largest absolute Gasteiger partial charge is 0.391 e. The Morgan fingerprint density at radius 2 is 1.94 bits per heavy atom. The van der Waals surface area contributed by atoms with E-state index in [2.05, 4.69) is 4.98 Å². The van der Waals surface area contributed by atoms with Crippen molar-refractivity contribution in [1.29, 1.82) is 0 Å². The Kier molecular flexibility index (Phi) is 3.94. The maximum Gasteiger partial charge on any atom is 0.155 e. The third-order valence-electron chi connectivity index (χ3n) is 3.30. The number of aliphatic hydroxyl groups excluding tert-OH is 1. The van der Waals surface area contributed by atoms with Gasteiger partial charge in [-0.15, -0.1) is 0 Å². The molecule has 1 aromatic heterocycles. The highest BCUT2D eigenvalue weighted by Crippen LogP contribution is 2.30. The molecule has 1 rings (SSSR count). The van der Waals surface area contributed by atoms with Crippen LogP contribution in [0.3, 0.4) is 0 Å². The van der Waals surface area contributed by atoms with E-state index < -0.39 is 20.7 Å². The Balaban J connectivity index is 3.03. The van der Waals surface area contributed by atoms with E-state index in [1.54, 1.807) is 25.3 Å². The molecule has 1 heterocycles. The quantitative estimate of drug-likeness (QED) is 0.884. The number of hydrogen-bond donors (Lipinski definition) is 1. The maximum absolute atomic E-state index is 11.6. The first-order valence-electron chi connectivity index (χ1n) is 5.46. The smallest absolute Gasteiger partial charge is 0.155 e. The zero-order chi connectivity index (χ0) is 13.3. The lowest BCUT2D eigenvalue weighted by Gasteiger charge is -2.32. The number of aromatic nitrogens is 1. The van der Waals surface area contributed by atoms with E-state index in [4.69, 9.17) is 0 Å². The summed E-state index contributed by atoms with van der Waals surface area (Å²) in [4.78, 5) is 4.14. The van der Waals surface area contributed by atoms with Crippen molar-refractivity contribution in [3.63, 3.8) is 0 Å². The molecule has 0 saturated carbocycles. The molecule has 0 aliphatic carbocycles. The van der Waals surface area contributed by atoms with Crippen LogP contribution in [0.25, 0.3) is 0 Å². The fourth-order valence-corrected chi connectivity index (χ4v) is 2.27. The van der Waals surface area contributed by atoms with Gasteiger partial charge in [-0.2, -0.15) is 0 Å². The summed E-state index contributed by atoms with van der Waals surface area (Å²) in [6, 6.07) is 5.38. The van der Waals surface area contributed by atoms with Crippen LogP contribution in [0.2, 0.25) is 0 Å². The van der Waals surface area contributed by atoms with E-state index in [1.165, 1.54) is 13.8 Å². The minimum atomic E-state index is -3.33. The first kappa shape index (κ1) is 14.1. The van der Waals surface area contributed by atoms with Crippen LogP contribution >= 0.6 is 0 Å². The Morgan fingerprint density at radius 3 is 2.35 bits per heavy atom. The van der Waals surface area contributed by atoms with Gasteiger partial charge in [-0.1, -0.05) is 13.0 Å². The average molecular weight is 257 g/mol. The van der Waals surface area contributed by atoms with Crippen LogP contribution in [0.5, 0.6) is 0 Å². The third-order valence-corrected chi connectivity index (χ3v) is 5.45. The fraction of sp³-hybridized carbons (Fsp3) is 0.583. The molecule has 5 heteroatoms. The SMILES string of the molecule is CC(c1ccccn1)C(O)C(C)(C)S(C)(=O)=O. The van der Waals surface area contributed by atoms with Gasteiger partial charge in [0.1, 0.15) is 0 Å². The molecule has 0 aromatic carbocycles. The van der Waals surface area contributed by atoms with Crippen molar-refractivity contribution in [3.8, 4) is 0 Å². The number of pyridine rings is 1. The summed E-state index contributed by atoms with van der Waals surface area (Å²) < 4.78 is 22.1. The van der Waals surface area contributed by atoms with Gasteiger partial charge in [0, 0.05) is 24.1 Å². The van der Waals surface area contributed by atoms with Crippen molar-refractivity contribution in [2.75, 3.05) is 6.26 Å². The zero-order valence-corrected chi connectivity index (χ0v) is 11.4. The number of rotatable bonds is 4. The second-order valence-electron chi connectivity index (χ2n) is 4.86. The summed E-state index contributed by atoms with van der Waals surface area (Å²) in [6.07, 6.45) is 1.78. The van der Waals surface area contributed by atoms with Crippen LogP contribution in [0.1, 0.15) is 32.4 Å². The number of nitrogens with zero attached hydrogens (tertiary/aromatic N) is 1. The Labute approximate surface area is 103 Å². The van der Waals surface area contributed by atoms with E-state index in [-0.39, 0.29) is 5.92 Å². The average Bonchev–Trinajstić information content (AvgIpc) is 2.26. The number of aliphatic hydroxyl groups is 1. The van der Waals surface area contributed by atoms with Gasteiger partial charge < -0.3 is 5.11 Å². The lowest BCUT2D eigenvalue weighted by Crippen LogP contribution is -2.46. The van der Waals surface area contributed by atoms with Gasteiger partial charge >= 0.3 is 0 Å². The Bertz CT molecular complexity index is 468. The van der Waals surface area contributed by atoms with Crippen molar-refractivity contribution in [1.82, 2.24) is 4.98 Å². The van der Waals surface area contributed by atoms with Gasteiger partial charge in [0.15, 0.2) is 9.84 Å². The molecule has 4 nitrogen and oxygen atoms in total. The predicted molar refractivity (Wildman–Crippen MR) is 67.6 cm³/mol. The lowest BCUT2D eigenvalue weighted by atomic mass is 9.91. The molecule has 1 aromatic rings. The highest BCUT2D eigenvalue weighted by atomic mass is 32.2. The molecule has 0 fully saturated rings. The van der Waals surface area contributed by atoms with Crippen molar-refractivity contribution in [2.24, 2.45) is 0 Å². The summed E-state index contributed by atoms with van der Waals surface area (Å²) in [5.41, 5.74) is 0.691. The molecule has 2 atom stereocenters. The lowest BCUT2D eigenvalue weighted by molar-refractivity contribution is 0.112. The van der Waals surface area contributed by atoms with Crippen LogP contribution in [0.15, 0.2) is 24.4 Å². The number of hydrogen-bond acceptors (Lipinski definition) is 4. The van der Waals surface area contributed by atoms with E-state index >= 15 is 0 Å². The van der Waals surface area contributed by atoms with Crippen LogP contribution in [-0.2, 0) is 9.84 Å². The minimum Gasteiger partial charge on any atom is -0.391 e. The normalized spacial score (nSPS) is 16.5. The van der Waals surface area contributed by atoms with Gasteiger partial charge in [0.05, 0.1) is 10.9 Å². The molecular weight excluding hydrogens is 238 g/mol. The van der Waals surface area contributed by atoms with Gasteiger partial charge in [-0.05, 0) is 26.0 Å². The van der Waals surface area contributed by atoms with Gasteiger partial charge in [0.25, 0.3) is 0 Å². The molecule has 1 N–H and O–H groups in total. The Hall–Kier alpha value is -0.940. The summed E-state index contributed by atoms with van der Waals surface area (Å²) in [7, 11) is -3.33. The van der Waals surface area contributed by atoms with E-state index in [0.29, 0.717) is 5.69 Å². The second-order valence-corrected chi connectivity index (χ2v) is 7.46. The summed E-state index contributed by atoms with van der Waals surface area (Å²) in [6.45, 7) is 4.85. The van der Waals surface area contributed by atoms with Crippen molar-refractivity contribution in [3.05, 3.63) is 30.1 Å². The van der Waals surface area contributed by atoms with Crippen LogP contribution in [0.4, 0.5) is 0 Å². The molecule has 0 saturated heterocycles. The summed E-state index contributed by atoms with van der Waals surface area (Å²) in [5, 5.41) is 10.2. The fourth-order valence-electron chi connectivity index (χ4n) is 1.63. The van der Waals surface area contributed by atoms with E-state index in [0.717, 1.165) is 6.26 Å². The zero-order valence-electron chi connectivity index (χ0n) is 10.6. The van der Waals surface area contributed by atoms with Crippen LogP contribution < -0.4 is 0 Å². The molecule has 17 heavy (non-hydrogen) atoms. The highest BCUT2D eigenvalue weighted by molar-refractivity contribution is 7.92. The number of sulfone groups is 1. The minimum absolute atomic E-state index is 0.332. The van der Waals surface area contributed by atoms with Crippen molar-refractivity contribution < 1.29 is 13.5 Å². The van der Waals surface area contributed by atoms with Crippen LogP contribution in [0, 0.1) is 0 Å². The molecular formula is C12H19NO3S. The molecule has 96 valence electrons. The van der Waals surface area contributed by atoms with Crippen molar-refractivity contribution in [2.45, 2.75) is 37.5 Å². The molecule has 2 unspecified atom stereocenters. The molecule has 0 aliphatic heterocycles. The second kappa shape index (κ2) is 4.74. The Morgan fingerprint density at radius 1 is 1.35 bits per heavy atom. The van der Waals surface area contributed by atoms with Crippen molar-refractivity contribution >= 4 is 9.84 Å². The molecule has 0 spiro atoms. The maximum atomic E-state index is 11.6. The first-order valence-corrected chi connectivity index (χ1v) is 7.35. The van der Waals surface area contributed by atoms with Crippen LogP contribution in [-0.4, -0.2) is 35.6 Å². The predicted octanol–water partition coefficient (Wildman–Crippen LogP) is 1.37. The molecule has 0 aliphatic rings. The van der Waals surface area contributed by atoms with Gasteiger partial charge in [-0.25, -0.2) is 8.42 Å². The van der Waals surface area contributed by atoms with Gasteiger partial charge in [0.2, 0.25) is 0 Å². The van der Waals surface area contributed by atoms with Gasteiger partial charge in [-0.3, -0.25) is 4.98 Å². The summed E-state index contributed by atoms with van der Waals surface area (Å²) in [5.74, 6) is -0.332. The standard InChI is InChI=1S/C12H19NO3S/c1-9(10-7-5-6-8-13-10)11(14)12(2,3)17(4,15)16/h5-9,11,14H,1-4H3. The van der Waals surface area contributed by atoms with E-state index in [9.17, 15) is 13.5 Å².